The van der Waals surface area contributed by atoms with E-state index in [4.69, 9.17) is 4.74 Å². The van der Waals surface area contributed by atoms with Crippen LogP contribution in [-0.2, 0) is 10.0 Å². The SMILES string of the molecule is COc1cc([N+](=O)[O-])ccc1S(=O)(=O)NCCCNC(=O)c1ccccc1F. The lowest BCUT2D eigenvalue weighted by Gasteiger charge is -2.11. The van der Waals surface area contributed by atoms with Gasteiger partial charge < -0.3 is 10.1 Å². The molecule has 0 saturated heterocycles. The Morgan fingerprint density at radius 1 is 1.21 bits per heavy atom. The number of hydrogen-bond donors (Lipinski definition) is 2. The number of sulfonamides is 1. The van der Waals surface area contributed by atoms with Gasteiger partial charge in [0.25, 0.3) is 11.6 Å². The fourth-order valence-corrected chi connectivity index (χ4v) is 3.53. The zero-order chi connectivity index (χ0) is 20.7. The van der Waals surface area contributed by atoms with Gasteiger partial charge in [0, 0.05) is 19.2 Å². The summed E-state index contributed by atoms with van der Waals surface area (Å²) in [7, 11) is -2.77. The Kier molecular flexibility index (Phi) is 7.01. The summed E-state index contributed by atoms with van der Waals surface area (Å²) in [6.07, 6.45) is 0.245. The number of ether oxygens (including phenoxy) is 1. The van der Waals surface area contributed by atoms with Crippen LogP contribution in [0.25, 0.3) is 0 Å². The second-order valence-electron chi connectivity index (χ2n) is 5.58. The van der Waals surface area contributed by atoms with Crippen LogP contribution in [0.3, 0.4) is 0 Å². The first-order valence-electron chi connectivity index (χ1n) is 8.11. The number of hydrogen-bond acceptors (Lipinski definition) is 6. The van der Waals surface area contributed by atoms with Gasteiger partial charge in [-0.25, -0.2) is 17.5 Å². The maximum atomic E-state index is 13.5. The molecule has 0 aliphatic rings. The Hall–Kier alpha value is -3.05. The molecule has 0 heterocycles. The number of methoxy groups -OCH3 is 1. The van der Waals surface area contributed by atoms with E-state index in [-0.39, 0.29) is 41.4 Å². The Morgan fingerprint density at radius 3 is 2.57 bits per heavy atom. The molecule has 0 aliphatic carbocycles. The van der Waals surface area contributed by atoms with Crippen molar-refractivity contribution in [1.82, 2.24) is 10.0 Å². The summed E-state index contributed by atoms with van der Waals surface area (Å²) < 4.78 is 45.5. The number of nitrogens with one attached hydrogen (secondary N) is 2. The standard InChI is InChI=1S/C17H18FN3O6S/c1-27-15-11-12(21(23)24)7-8-16(15)28(25,26)20-10-4-9-19-17(22)13-5-2-3-6-14(13)18/h2-3,5-8,11,20H,4,9-10H2,1H3,(H,19,22). The van der Waals surface area contributed by atoms with Crippen LogP contribution in [0.4, 0.5) is 10.1 Å². The molecule has 0 spiro atoms. The predicted octanol–water partition coefficient (Wildman–Crippen LogP) is 1.84. The minimum atomic E-state index is -3.98. The molecule has 150 valence electrons. The molecule has 0 saturated carbocycles. The summed E-state index contributed by atoms with van der Waals surface area (Å²) >= 11 is 0. The van der Waals surface area contributed by atoms with Crippen LogP contribution in [0.1, 0.15) is 16.8 Å². The molecule has 1 amide bonds. The highest BCUT2D eigenvalue weighted by Crippen LogP contribution is 2.28. The number of benzene rings is 2. The van der Waals surface area contributed by atoms with Crippen LogP contribution in [0, 0.1) is 15.9 Å². The molecule has 2 aromatic carbocycles. The molecule has 11 heteroatoms. The Bertz CT molecular complexity index is 981. The second-order valence-corrected chi connectivity index (χ2v) is 7.31. The van der Waals surface area contributed by atoms with E-state index in [9.17, 15) is 27.7 Å². The average Bonchev–Trinajstić information content (AvgIpc) is 2.67. The lowest BCUT2D eigenvalue weighted by atomic mass is 10.2. The topological polar surface area (TPSA) is 128 Å². The maximum absolute atomic E-state index is 13.5. The first-order valence-corrected chi connectivity index (χ1v) is 9.59. The van der Waals surface area contributed by atoms with Gasteiger partial charge in [-0.1, -0.05) is 12.1 Å². The van der Waals surface area contributed by atoms with Crippen LogP contribution in [0.5, 0.6) is 5.75 Å². The summed E-state index contributed by atoms with van der Waals surface area (Å²) in [5.74, 6) is -1.40. The monoisotopic (exact) mass is 411 g/mol. The number of nitro benzene ring substituents is 1. The van der Waals surface area contributed by atoms with Crippen molar-refractivity contribution in [3.8, 4) is 5.75 Å². The van der Waals surface area contributed by atoms with Crippen molar-refractivity contribution in [2.24, 2.45) is 0 Å². The Labute approximate surface area is 160 Å². The summed E-state index contributed by atoms with van der Waals surface area (Å²) in [6.45, 7) is 0.104. The van der Waals surface area contributed by atoms with Crippen molar-refractivity contribution in [2.45, 2.75) is 11.3 Å². The molecule has 0 atom stereocenters. The van der Waals surface area contributed by atoms with Crippen LogP contribution in [0.2, 0.25) is 0 Å². The molecule has 0 fully saturated rings. The van der Waals surface area contributed by atoms with Crippen molar-refractivity contribution in [1.29, 1.82) is 0 Å². The van der Waals surface area contributed by atoms with Crippen molar-refractivity contribution in [3.63, 3.8) is 0 Å². The van der Waals surface area contributed by atoms with Gasteiger partial charge in [-0.2, -0.15) is 0 Å². The second kappa shape index (κ2) is 9.24. The number of nitrogens with zero attached hydrogens (tertiary/aromatic N) is 1. The smallest absolute Gasteiger partial charge is 0.273 e. The molecule has 2 N–H and O–H groups in total. The van der Waals surface area contributed by atoms with E-state index >= 15 is 0 Å². The van der Waals surface area contributed by atoms with E-state index in [0.717, 1.165) is 18.2 Å². The van der Waals surface area contributed by atoms with E-state index in [1.807, 2.05) is 0 Å². The largest absolute Gasteiger partial charge is 0.495 e. The van der Waals surface area contributed by atoms with Gasteiger partial charge in [-0.15, -0.1) is 0 Å². The molecule has 0 aliphatic heterocycles. The quantitative estimate of drug-likeness (QED) is 0.368. The van der Waals surface area contributed by atoms with Crippen LogP contribution in [-0.4, -0.2) is 39.4 Å². The van der Waals surface area contributed by atoms with Crippen LogP contribution >= 0.6 is 0 Å². The van der Waals surface area contributed by atoms with Gasteiger partial charge in [-0.3, -0.25) is 14.9 Å². The van der Waals surface area contributed by atoms with Gasteiger partial charge in [0.2, 0.25) is 10.0 Å². The lowest BCUT2D eigenvalue weighted by molar-refractivity contribution is -0.385. The maximum Gasteiger partial charge on any atom is 0.273 e. The van der Waals surface area contributed by atoms with E-state index < -0.39 is 26.7 Å². The minimum absolute atomic E-state index is 0.0139. The van der Waals surface area contributed by atoms with Crippen molar-refractivity contribution < 1.29 is 27.3 Å². The fraction of sp³-hybridized carbons (Fsp3) is 0.235. The van der Waals surface area contributed by atoms with E-state index in [1.165, 1.54) is 31.4 Å². The number of nitro groups is 1. The zero-order valence-corrected chi connectivity index (χ0v) is 15.7. The summed E-state index contributed by atoms with van der Waals surface area (Å²) in [6, 6.07) is 8.67. The number of halogens is 1. The minimum Gasteiger partial charge on any atom is -0.495 e. The van der Waals surface area contributed by atoms with E-state index in [1.54, 1.807) is 0 Å². The summed E-state index contributed by atoms with van der Waals surface area (Å²) in [4.78, 5) is 21.7. The number of non-ortho nitro benzene ring substituents is 1. The molecular weight excluding hydrogens is 393 g/mol. The predicted molar refractivity (Wildman–Crippen MR) is 98.2 cm³/mol. The van der Waals surface area contributed by atoms with Crippen molar-refractivity contribution in [2.75, 3.05) is 20.2 Å². The normalized spacial score (nSPS) is 11.1. The third-order valence-electron chi connectivity index (χ3n) is 3.70. The van der Waals surface area contributed by atoms with Gasteiger partial charge >= 0.3 is 0 Å². The molecule has 2 rings (SSSR count). The van der Waals surface area contributed by atoms with Crippen LogP contribution in [0.15, 0.2) is 47.4 Å². The zero-order valence-electron chi connectivity index (χ0n) is 14.8. The Balaban J connectivity index is 1.91. The summed E-state index contributed by atoms with van der Waals surface area (Å²) in [5, 5.41) is 13.3. The fourth-order valence-electron chi connectivity index (χ4n) is 2.31. The molecule has 9 nitrogen and oxygen atoms in total. The lowest BCUT2D eigenvalue weighted by Crippen LogP contribution is -2.30. The van der Waals surface area contributed by atoms with Gasteiger partial charge in [0.05, 0.1) is 23.7 Å². The highest BCUT2D eigenvalue weighted by Gasteiger charge is 2.22. The number of rotatable bonds is 9. The molecule has 28 heavy (non-hydrogen) atoms. The van der Waals surface area contributed by atoms with Gasteiger partial charge in [-0.05, 0) is 24.6 Å². The van der Waals surface area contributed by atoms with Gasteiger partial charge in [0.15, 0.2) is 0 Å². The number of amides is 1. The van der Waals surface area contributed by atoms with Gasteiger partial charge in [0.1, 0.15) is 16.5 Å². The van der Waals surface area contributed by atoms with E-state index in [0.29, 0.717) is 0 Å². The highest BCUT2D eigenvalue weighted by molar-refractivity contribution is 7.89. The molecule has 0 bridgehead atoms. The molecule has 0 unspecified atom stereocenters. The van der Waals surface area contributed by atoms with E-state index in [2.05, 4.69) is 10.0 Å². The van der Waals surface area contributed by atoms with Crippen molar-refractivity contribution >= 4 is 21.6 Å². The summed E-state index contributed by atoms with van der Waals surface area (Å²) in [5.41, 5.74) is -0.398. The van der Waals surface area contributed by atoms with Crippen molar-refractivity contribution in [3.05, 3.63) is 64.0 Å². The third-order valence-corrected chi connectivity index (χ3v) is 5.20. The number of carbonyl (C=O) groups is 1. The molecule has 0 radical (unpaired) electrons. The third kappa shape index (κ3) is 5.24. The first-order chi connectivity index (χ1) is 13.3. The number of carbonyl (C=O) groups excluding carboxylic acids is 1. The Morgan fingerprint density at radius 2 is 1.93 bits per heavy atom. The first kappa shape index (κ1) is 21.3. The highest BCUT2D eigenvalue weighted by atomic mass is 32.2. The molecule has 2 aromatic rings. The average molecular weight is 411 g/mol. The molecular formula is C17H18FN3O6S. The van der Waals surface area contributed by atoms with Crippen LogP contribution < -0.4 is 14.8 Å². The molecule has 0 aromatic heterocycles.